The third-order valence-electron chi connectivity index (χ3n) is 7.08. The Morgan fingerprint density at radius 2 is 1.89 bits per heavy atom. The molecular formula is C25H35ClN6O4S. The van der Waals surface area contributed by atoms with Crippen LogP contribution in [0.5, 0.6) is 0 Å². The van der Waals surface area contributed by atoms with E-state index in [2.05, 4.69) is 27.5 Å². The highest BCUT2D eigenvalue weighted by atomic mass is 35.5. The number of anilines is 2. The molecule has 2 atom stereocenters. The van der Waals surface area contributed by atoms with Crippen molar-refractivity contribution in [2.75, 3.05) is 36.9 Å². The van der Waals surface area contributed by atoms with Crippen molar-refractivity contribution < 1.29 is 17.9 Å². The lowest BCUT2D eigenvalue weighted by Gasteiger charge is -2.32. The molecule has 12 heteroatoms. The van der Waals surface area contributed by atoms with Gasteiger partial charge in [-0.15, -0.1) is 0 Å². The van der Waals surface area contributed by atoms with Crippen molar-refractivity contribution in [2.45, 2.75) is 57.7 Å². The van der Waals surface area contributed by atoms with Gasteiger partial charge in [-0.05, 0) is 58.4 Å². The summed E-state index contributed by atoms with van der Waals surface area (Å²) in [7, 11) is -3.41. The van der Waals surface area contributed by atoms with Crippen LogP contribution in [0.1, 0.15) is 46.5 Å². The number of carbonyl (C=O) groups is 1. The molecule has 2 aliphatic heterocycles. The van der Waals surface area contributed by atoms with Gasteiger partial charge in [0.1, 0.15) is 11.6 Å². The molecule has 10 nitrogen and oxygen atoms in total. The van der Waals surface area contributed by atoms with E-state index in [0.29, 0.717) is 53.2 Å². The number of nitrogens with zero attached hydrogens (tertiary/aromatic N) is 4. The number of amides is 1. The van der Waals surface area contributed by atoms with Crippen LogP contribution in [0, 0.1) is 11.8 Å². The second kappa shape index (κ2) is 12.0. The minimum Gasteiger partial charge on any atom is -0.381 e. The quantitative estimate of drug-likeness (QED) is 0.508. The molecule has 2 aromatic heterocycles. The molecule has 1 amide bonds. The minimum atomic E-state index is -3.41. The average molecular weight is 551 g/mol. The molecule has 2 saturated heterocycles. The largest absolute Gasteiger partial charge is 0.381 e. The Morgan fingerprint density at radius 3 is 2.62 bits per heavy atom. The first-order valence-corrected chi connectivity index (χ1v) is 14.7. The number of hydrogen-bond acceptors (Lipinski definition) is 8. The molecule has 0 saturated carbocycles. The lowest BCUT2D eigenvalue weighted by atomic mass is 9.93. The zero-order chi connectivity index (χ0) is 26.6. The highest BCUT2D eigenvalue weighted by Gasteiger charge is 2.34. The lowest BCUT2D eigenvalue weighted by Crippen LogP contribution is -2.46. The van der Waals surface area contributed by atoms with Crippen LogP contribution in [-0.2, 0) is 19.6 Å². The summed E-state index contributed by atoms with van der Waals surface area (Å²) < 4.78 is 32.0. The number of sulfonamides is 1. The van der Waals surface area contributed by atoms with E-state index in [1.54, 1.807) is 32.3 Å². The first-order valence-electron chi connectivity index (χ1n) is 12.8. The van der Waals surface area contributed by atoms with Crippen LogP contribution in [0.3, 0.4) is 0 Å². The maximum absolute atomic E-state index is 13.0. The molecule has 37 heavy (non-hydrogen) atoms. The summed E-state index contributed by atoms with van der Waals surface area (Å²) in [6.07, 6.45) is 8.01. The van der Waals surface area contributed by atoms with Crippen LogP contribution >= 0.6 is 11.6 Å². The lowest BCUT2D eigenvalue weighted by molar-refractivity contribution is -0.120. The van der Waals surface area contributed by atoms with Gasteiger partial charge in [-0.1, -0.05) is 11.6 Å². The summed E-state index contributed by atoms with van der Waals surface area (Å²) in [5, 5.41) is 6.13. The summed E-state index contributed by atoms with van der Waals surface area (Å²) >= 11 is 6.44. The molecule has 0 aromatic carbocycles. The van der Waals surface area contributed by atoms with Crippen molar-refractivity contribution >= 4 is 39.2 Å². The summed E-state index contributed by atoms with van der Waals surface area (Å²) in [5.74, 6) is 0.739. The number of pyridine rings is 1. The minimum absolute atomic E-state index is 0.164. The molecule has 0 unspecified atom stereocenters. The number of piperidine rings is 1. The first kappa shape index (κ1) is 27.7. The number of aromatic nitrogens is 3. The summed E-state index contributed by atoms with van der Waals surface area (Å²) in [6.45, 7) is 7.58. The maximum atomic E-state index is 13.0. The van der Waals surface area contributed by atoms with Crippen molar-refractivity contribution in [3.8, 4) is 11.3 Å². The number of carbonyl (C=O) groups excluding carboxylic acids is 1. The van der Waals surface area contributed by atoms with Gasteiger partial charge in [-0.25, -0.2) is 22.7 Å². The fourth-order valence-corrected chi connectivity index (χ4v) is 6.32. The van der Waals surface area contributed by atoms with E-state index in [1.165, 1.54) is 10.5 Å². The maximum Gasteiger partial charge on any atom is 0.229 e. The van der Waals surface area contributed by atoms with Gasteiger partial charge in [0.25, 0.3) is 0 Å². The second-order valence-corrected chi connectivity index (χ2v) is 12.9. The van der Waals surface area contributed by atoms with Gasteiger partial charge in [0, 0.05) is 44.1 Å². The van der Waals surface area contributed by atoms with Crippen molar-refractivity contribution in [1.29, 1.82) is 0 Å². The molecule has 4 rings (SSSR count). The molecular weight excluding hydrogens is 516 g/mol. The van der Waals surface area contributed by atoms with Gasteiger partial charge in [0.2, 0.25) is 15.9 Å². The fraction of sp³-hybridized carbons (Fsp3) is 0.600. The highest BCUT2D eigenvalue weighted by molar-refractivity contribution is 7.89. The Kier molecular flexibility index (Phi) is 8.99. The average Bonchev–Trinajstić information content (AvgIpc) is 2.90. The number of nitrogens with one attached hydrogen (secondary N) is 2. The van der Waals surface area contributed by atoms with Crippen LogP contribution in [-0.4, -0.2) is 71.2 Å². The fourth-order valence-electron chi connectivity index (χ4n) is 4.75. The molecule has 0 spiro atoms. The molecule has 0 aliphatic carbocycles. The summed E-state index contributed by atoms with van der Waals surface area (Å²) in [6, 6.07) is 1.88. The zero-order valence-electron chi connectivity index (χ0n) is 21.5. The van der Waals surface area contributed by atoms with Crippen LogP contribution in [0.2, 0.25) is 5.02 Å². The van der Waals surface area contributed by atoms with Crippen LogP contribution in [0.15, 0.2) is 24.7 Å². The third-order valence-corrected chi connectivity index (χ3v) is 9.62. The van der Waals surface area contributed by atoms with Crippen molar-refractivity contribution in [3.63, 3.8) is 0 Å². The Bertz CT molecular complexity index is 1210. The van der Waals surface area contributed by atoms with E-state index in [1.807, 2.05) is 0 Å². The smallest absolute Gasteiger partial charge is 0.229 e. The van der Waals surface area contributed by atoms with Crippen LogP contribution in [0.4, 0.5) is 11.6 Å². The summed E-state index contributed by atoms with van der Waals surface area (Å²) in [5.41, 5.74) is 1.15. The van der Waals surface area contributed by atoms with Gasteiger partial charge >= 0.3 is 0 Å². The van der Waals surface area contributed by atoms with E-state index in [9.17, 15) is 13.2 Å². The van der Waals surface area contributed by atoms with E-state index in [-0.39, 0.29) is 18.5 Å². The molecule has 202 valence electrons. The van der Waals surface area contributed by atoms with Gasteiger partial charge in [0.05, 0.1) is 34.3 Å². The third kappa shape index (κ3) is 6.76. The molecule has 2 N–H and O–H groups in total. The standard InChI is InChI=1S/C25H35ClN6O4S/c1-16(2)37(34,35)32-8-4-5-19(15-32)25(33)31-23-11-20(21(26)12-28-23)22-13-27-14-24(30-22)29-17(3)18-6-9-36-10-7-18/h11-14,16-19H,4-10,15H2,1-3H3,(H,29,30)(H,28,31,33)/t17-,19+/m0/s1. The molecule has 2 fully saturated rings. The number of halogens is 1. The van der Waals surface area contributed by atoms with E-state index >= 15 is 0 Å². The van der Waals surface area contributed by atoms with E-state index in [0.717, 1.165) is 26.1 Å². The molecule has 0 bridgehead atoms. The number of rotatable bonds is 8. The Balaban J connectivity index is 1.46. The normalized spacial score (nSPS) is 20.5. The van der Waals surface area contributed by atoms with Gasteiger partial charge in [0.15, 0.2) is 0 Å². The second-order valence-electron chi connectivity index (χ2n) is 10.0. The van der Waals surface area contributed by atoms with Crippen molar-refractivity contribution in [1.82, 2.24) is 19.3 Å². The van der Waals surface area contributed by atoms with Gasteiger partial charge in [-0.3, -0.25) is 9.78 Å². The SMILES string of the molecule is CC(C)S(=O)(=O)N1CCC[C@@H](C(=O)Nc2cc(-c3cncc(N[C@@H](C)C4CCOCC4)n3)c(Cl)cn2)C1. The predicted molar refractivity (Wildman–Crippen MR) is 144 cm³/mol. The Labute approximate surface area is 223 Å². The van der Waals surface area contributed by atoms with Crippen molar-refractivity contribution in [2.24, 2.45) is 11.8 Å². The van der Waals surface area contributed by atoms with Crippen LogP contribution < -0.4 is 10.6 Å². The number of ether oxygens (including phenoxy) is 1. The molecule has 2 aromatic rings. The highest BCUT2D eigenvalue weighted by Crippen LogP contribution is 2.30. The Morgan fingerprint density at radius 1 is 1.14 bits per heavy atom. The van der Waals surface area contributed by atoms with Gasteiger partial charge < -0.3 is 15.4 Å². The molecule has 4 heterocycles. The topological polar surface area (TPSA) is 126 Å². The summed E-state index contributed by atoms with van der Waals surface area (Å²) in [4.78, 5) is 26.3. The Hall–Kier alpha value is -2.34. The predicted octanol–water partition coefficient (Wildman–Crippen LogP) is 3.81. The van der Waals surface area contributed by atoms with E-state index < -0.39 is 21.2 Å². The van der Waals surface area contributed by atoms with Crippen molar-refractivity contribution in [3.05, 3.63) is 29.7 Å². The van der Waals surface area contributed by atoms with E-state index in [4.69, 9.17) is 21.3 Å². The number of hydrogen-bond donors (Lipinski definition) is 2. The molecule has 2 aliphatic rings. The van der Waals surface area contributed by atoms with Gasteiger partial charge in [-0.2, -0.15) is 0 Å². The zero-order valence-corrected chi connectivity index (χ0v) is 23.1. The monoisotopic (exact) mass is 550 g/mol. The molecule has 0 radical (unpaired) electrons. The first-order chi connectivity index (χ1) is 17.6. The van der Waals surface area contributed by atoms with Crippen LogP contribution in [0.25, 0.3) is 11.3 Å².